The van der Waals surface area contributed by atoms with Gasteiger partial charge in [0.25, 0.3) is 0 Å². The molecule has 0 amide bonds. The van der Waals surface area contributed by atoms with Crippen molar-refractivity contribution < 1.29 is 0 Å². The number of aromatic nitrogens is 5. The Morgan fingerprint density at radius 1 is 0.786 bits per heavy atom. The summed E-state index contributed by atoms with van der Waals surface area (Å²) in [4.78, 5) is 27.2. The molecule has 0 unspecified atom stereocenters. The van der Waals surface area contributed by atoms with Crippen molar-refractivity contribution in [2.24, 2.45) is 0 Å². The molecule has 1 saturated carbocycles. The zero-order valence-corrected chi connectivity index (χ0v) is 15.8. The summed E-state index contributed by atoms with van der Waals surface area (Å²) < 4.78 is 0. The average molecular weight is 373 g/mol. The molecule has 0 atom stereocenters. The van der Waals surface area contributed by atoms with E-state index in [1.807, 2.05) is 30.5 Å². The average Bonchev–Trinajstić information content (AvgIpc) is 2.74. The first-order chi connectivity index (χ1) is 13.9. The summed E-state index contributed by atoms with van der Waals surface area (Å²) in [5.74, 6) is 2.44. The molecule has 5 rings (SSSR count). The Morgan fingerprint density at radius 3 is 2.39 bits per heavy atom. The van der Waals surface area contributed by atoms with Gasteiger partial charge in [-0.25, -0.2) is 19.9 Å². The molecule has 1 aliphatic heterocycles. The van der Waals surface area contributed by atoms with Crippen LogP contribution in [-0.4, -0.2) is 51.1 Å². The second kappa shape index (κ2) is 7.50. The van der Waals surface area contributed by atoms with Crippen LogP contribution in [0.25, 0.3) is 11.4 Å². The minimum Gasteiger partial charge on any atom is -0.353 e. The monoisotopic (exact) mass is 373 g/mol. The molecule has 4 heterocycles. The van der Waals surface area contributed by atoms with Gasteiger partial charge in [0.05, 0.1) is 11.4 Å². The molecule has 1 aliphatic carbocycles. The van der Waals surface area contributed by atoms with Crippen LogP contribution in [0.15, 0.2) is 49.1 Å². The molecule has 7 nitrogen and oxygen atoms in total. The van der Waals surface area contributed by atoms with Crippen LogP contribution in [0.4, 0.5) is 11.8 Å². The van der Waals surface area contributed by atoms with E-state index in [-0.39, 0.29) is 0 Å². The van der Waals surface area contributed by atoms with E-state index in [2.05, 4.69) is 35.8 Å². The van der Waals surface area contributed by atoms with Gasteiger partial charge in [0, 0.05) is 56.3 Å². The van der Waals surface area contributed by atoms with E-state index in [1.165, 1.54) is 25.0 Å². The molecule has 2 fully saturated rings. The Bertz CT molecular complexity index is 934. The van der Waals surface area contributed by atoms with Crippen LogP contribution in [0.2, 0.25) is 0 Å². The molecule has 0 radical (unpaired) electrons. The van der Waals surface area contributed by atoms with Gasteiger partial charge < -0.3 is 9.80 Å². The fourth-order valence-electron chi connectivity index (χ4n) is 3.75. The topological polar surface area (TPSA) is 70.9 Å². The molecule has 2 aliphatic rings. The lowest BCUT2D eigenvalue weighted by Crippen LogP contribution is -2.47. The minimum atomic E-state index is 0.630. The van der Waals surface area contributed by atoms with Crippen molar-refractivity contribution in [3.63, 3.8) is 0 Å². The van der Waals surface area contributed by atoms with Gasteiger partial charge in [-0.15, -0.1) is 0 Å². The summed E-state index contributed by atoms with van der Waals surface area (Å²) >= 11 is 0. The third-order valence-electron chi connectivity index (χ3n) is 5.65. The molecule has 1 saturated heterocycles. The van der Waals surface area contributed by atoms with Gasteiger partial charge in [-0.3, -0.25) is 4.98 Å². The van der Waals surface area contributed by atoms with E-state index >= 15 is 0 Å². The predicted molar refractivity (Wildman–Crippen MR) is 108 cm³/mol. The Hall–Kier alpha value is -3.09. The van der Waals surface area contributed by atoms with E-state index < -0.39 is 0 Å². The Balaban J connectivity index is 1.27. The smallest absolute Gasteiger partial charge is 0.226 e. The normalized spacial score (nSPS) is 17.4. The fraction of sp³-hybridized carbons (Fsp3) is 0.381. The maximum atomic E-state index is 4.73. The van der Waals surface area contributed by atoms with Gasteiger partial charge in [-0.2, -0.15) is 0 Å². The second-order valence-electron chi connectivity index (χ2n) is 7.36. The fourth-order valence-corrected chi connectivity index (χ4v) is 3.75. The van der Waals surface area contributed by atoms with Gasteiger partial charge in [0.2, 0.25) is 5.95 Å². The highest BCUT2D eigenvalue weighted by atomic mass is 15.3. The van der Waals surface area contributed by atoms with Crippen molar-refractivity contribution in [1.82, 2.24) is 24.9 Å². The molecule has 7 heteroatoms. The second-order valence-corrected chi connectivity index (χ2v) is 7.36. The van der Waals surface area contributed by atoms with E-state index in [9.17, 15) is 0 Å². The Kier molecular flexibility index (Phi) is 4.56. The van der Waals surface area contributed by atoms with Gasteiger partial charge in [0.15, 0.2) is 0 Å². The standard InChI is InChI=1S/C21H23N7/c1-2-8-22-17(6-1)18-7-9-23-21(26-18)28-12-10-27(11-13-28)20-14-19(24-15-25-20)16-4-3-5-16/h1-2,6-9,14-16H,3-5,10-13H2. The van der Waals surface area contributed by atoms with Crippen LogP contribution in [0, 0.1) is 0 Å². The molecule has 0 spiro atoms. The lowest BCUT2D eigenvalue weighted by Gasteiger charge is -2.35. The van der Waals surface area contributed by atoms with Crippen molar-refractivity contribution in [2.75, 3.05) is 36.0 Å². The van der Waals surface area contributed by atoms with E-state index in [4.69, 9.17) is 4.98 Å². The number of nitrogens with zero attached hydrogens (tertiary/aromatic N) is 7. The van der Waals surface area contributed by atoms with Gasteiger partial charge in [-0.05, 0) is 31.0 Å². The van der Waals surface area contributed by atoms with E-state index in [1.54, 1.807) is 12.5 Å². The van der Waals surface area contributed by atoms with E-state index in [0.29, 0.717) is 5.92 Å². The van der Waals surface area contributed by atoms with Crippen LogP contribution < -0.4 is 9.80 Å². The summed E-state index contributed by atoms with van der Waals surface area (Å²) in [5.41, 5.74) is 2.92. The largest absolute Gasteiger partial charge is 0.353 e. The zero-order valence-electron chi connectivity index (χ0n) is 15.8. The molecule has 0 bridgehead atoms. The van der Waals surface area contributed by atoms with Crippen LogP contribution in [0.3, 0.4) is 0 Å². The third kappa shape index (κ3) is 3.40. The number of piperazine rings is 1. The van der Waals surface area contributed by atoms with Crippen molar-refractivity contribution in [2.45, 2.75) is 25.2 Å². The molecule has 3 aromatic rings. The number of pyridine rings is 1. The highest BCUT2D eigenvalue weighted by Gasteiger charge is 2.24. The molecular weight excluding hydrogens is 350 g/mol. The summed E-state index contributed by atoms with van der Waals surface area (Å²) in [6.07, 6.45) is 9.15. The Morgan fingerprint density at radius 2 is 1.64 bits per heavy atom. The predicted octanol–water partition coefficient (Wildman–Crippen LogP) is 2.92. The lowest BCUT2D eigenvalue weighted by molar-refractivity contribution is 0.410. The van der Waals surface area contributed by atoms with Crippen LogP contribution in [0.5, 0.6) is 0 Å². The Labute approximate surface area is 164 Å². The molecule has 142 valence electrons. The summed E-state index contributed by atoms with van der Waals surface area (Å²) in [6.45, 7) is 3.54. The number of anilines is 2. The maximum absolute atomic E-state index is 4.73. The maximum Gasteiger partial charge on any atom is 0.226 e. The van der Waals surface area contributed by atoms with E-state index in [0.717, 1.165) is 49.3 Å². The molecule has 28 heavy (non-hydrogen) atoms. The molecule has 0 N–H and O–H groups in total. The summed E-state index contributed by atoms with van der Waals surface area (Å²) in [6, 6.07) is 9.94. The summed E-state index contributed by atoms with van der Waals surface area (Å²) in [7, 11) is 0. The number of hydrogen-bond acceptors (Lipinski definition) is 7. The van der Waals surface area contributed by atoms with Crippen LogP contribution in [0.1, 0.15) is 30.9 Å². The molecular formula is C21H23N7. The first-order valence-electron chi connectivity index (χ1n) is 9.93. The first kappa shape index (κ1) is 17.0. The van der Waals surface area contributed by atoms with Gasteiger partial charge >= 0.3 is 0 Å². The molecule has 3 aromatic heterocycles. The quantitative estimate of drug-likeness (QED) is 0.696. The van der Waals surface area contributed by atoms with Crippen LogP contribution >= 0.6 is 0 Å². The SMILES string of the molecule is c1ccc(-c2ccnc(N3CCN(c4cc(C5CCC5)ncn4)CC3)n2)nc1. The highest BCUT2D eigenvalue weighted by molar-refractivity contribution is 5.55. The lowest BCUT2D eigenvalue weighted by atomic mass is 9.83. The van der Waals surface area contributed by atoms with Crippen molar-refractivity contribution in [1.29, 1.82) is 0 Å². The van der Waals surface area contributed by atoms with Crippen molar-refractivity contribution >= 4 is 11.8 Å². The third-order valence-corrected chi connectivity index (χ3v) is 5.65. The van der Waals surface area contributed by atoms with Crippen molar-refractivity contribution in [3.8, 4) is 11.4 Å². The number of rotatable bonds is 4. The summed E-state index contributed by atoms with van der Waals surface area (Å²) in [5, 5.41) is 0. The molecule has 0 aromatic carbocycles. The number of hydrogen-bond donors (Lipinski definition) is 0. The zero-order chi connectivity index (χ0) is 18.8. The minimum absolute atomic E-state index is 0.630. The highest BCUT2D eigenvalue weighted by Crippen LogP contribution is 2.36. The first-order valence-corrected chi connectivity index (χ1v) is 9.93. The van der Waals surface area contributed by atoms with Gasteiger partial charge in [-0.1, -0.05) is 12.5 Å². The van der Waals surface area contributed by atoms with Crippen molar-refractivity contribution in [3.05, 3.63) is 54.7 Å². The van der Waals surface area contributed by atoms with Gasteiger partial charge in [0.1, 0.15) is 12.1 Å². The van der Waals surface area contributed by atoms with Crippen LogP contribution in [-0.2, 0) is 0 Å².